The van der Waals surface area contributed by atoms with Crippen molar-refractivity contribution in [3.8, 4) is 0 Å². The van der Waals surface area contributed by atoms with Gasteiger partial charge in [-0.05, 0) is 25.7 Å². The Kier molecular flexibility index (Phi) is 27.9. The summed E-state index contributed by atoms with van der Waals surface area (Å²) in [5, 5.41) is 0. The summed E-state index contributed by atoms with van der Waals surface area (Å²) in [6, 6.07) is 0. The third-order valence-electron chi connectivity index (χ3n) is 9.32. The van der Waals surface area contributed by atoms with Gasteiger partial charge in [-0.25, -0.2) is 0 Å². The molecule has 0 radical (unpaired) electrons. The number of rotatable bonds is 32. The zero-order chi connectivity index (χ0) is 28.8. The molecule has 1 atom stereocenters. The summed E-state index contributed by atoms with van der Waals surface area (Å²) in [5.41, 5.74) is 0. The van der Waals surface area contributed by atoms with Gasteiger partial charge in [-0.3, -0.25) is 0 Å². The summed E-state index contributed by atoms with van der Waals surface area (Å²) in [7, 11) is 0. The highest BCUT2D eigenvalue weighted by molar-refractivity contribution is 4.97. The van der Waals surface area contributed by atoms with Gasteiger partial charge in [-0.1, -0.05) is 188 Å². The first-order valence-electron chi connectivity index (χ1n) is 19.0. The Morgan fingerprint density at radius 3 is 0.900 bits per heavy atom. The van der Waals surface area contributed by atoms with Crippen molar-refractivity contribution in [2.45, 2.75) is 220 Å². The highest BCUT2D eigenvalue weighted by Crippen LogP contribution is 2.24. The molecule has 1 aliphatic heterocycles. The summed E-state index contributed by atoms with van der Waals surface area (Å²) >= 11 is 0. The minimum absolute atomic E-state index is 0.641. The Hall–Kier alpha value is -0.660. The smallest absolute Gasteiger partial charge is 0.101 e. The van der Waals surface area contributed by atoms with E-state index in [9.17, 15) is 0 Å². The van der Waals surface area contributed by atoms with Crippen LogP contribution in [-0.2, 0) is 0 Å². The van der Waals surface area contributed by atoms with Crippen LogP contribution in [0.2, 0.25) is 0 Å². The van der Waals surface area contributed by atoms with Gasteiger partial charge in [-0.2, -0.15) is 0 Å². The predicted molar refractivity (Wildman–Crippen MR) is 182 cm³/mol. The van der Waals surface area contributed by atoms with E-state index in [1.165, 1.54) is 206 Å². The van der Waals surface area contributed by atoms with Crippen molar-refractivity contribution in [1.29, 1.82) is 0 Å². The minimum Gasteiger partial charge on any atom is -0.356 e. The molecule has 0 aromatic heterocycles. The summed E-state index contributed by atoms with van der Waals surface area (Å²) in [6.45, 7) is 9.47. The zero-order valence-electron chi connectivity index (χ0n) is 28.3. The van der Waals surface area contributed by atoms with Crippen LogP contribution in [0.5, 0.6) is 0 Å². The molecule has 2 heteroatoms. The van der Waals surface area contributed by atoms with Gasteiger partial charge in [0.25, 0.3) is 0 Å². The van der Waals surface area contributed by atoms with Gasteiger partial charge >= 0.3 is 0 Å². The highest BCUT2D eigenvalue weighted by atomic mass is 15.4. The molecule has 1 heterocycles. The van der Waals surface area contributed by atoms with Crippen LogP contribution in [0.25, 0.3) is 0 Å². The van der Waals surface area contributed by atoms with Crippen LogP contribution in [0.4, 0.5) is 0 Å². The van der Waals surface area contributed by atoms with Gasteiger partial charge in [-0.15, -0.1) is 0 Å². The van der Waals surface area contributed by atoms with Gasteiger partial charge in [0.1, 0.15) is 6.17 Å². The second-order valence-corrected chi connectivity index (χ2v) is 13.2. The normalized spacial score (nSPS) is 15.1. The maximum absolute atomic E-state index is 2.70. The lowest BCUT2D eigenvalue weighted by molar-refractivity contribution is 0.135. The third kappa shape index (κ3) is 22.0. The maximum atomic E-state index is 2.70. The standard InChI is InChI=1S/C38H76N2/c1-4-7-10-13-15-17-18-19-20-21-22-23-24-25-27-29-32-35-40-37-36-39(34-31-12-9-6-3)38(40)33-30-28-26-16-14-11-8-5-2/h36-38H,4-35H2,1-3H3. The fraction of sp³-hybridized carbons (Fsp3) is 0.947. The van der Waals surface area contributed by atoms with Gasteiger partial charge in [0.2, 0.25) is 0 Å². The number of hydrogen-bond acceptors (Lipinski definition) is 2. The lowest BCUT2D eigenvalue weighted by Crippen LogP contribution is -2.39. The van der Waals surface area contributed by atoms with Crippen molar-refractivity contribution >= 4 is 0 Å². The molecule has 238 valence electrons. The first kappa shape index (κ1) is 37.4. The van der Waals surface area contributed by atoms with E-state index in [1.54, 1.807) is 0 Å². The Bertz CT molecular complexity index is 516. The van der Waals surface area contributed by atoms with E-state index in [0.717, 1.165) is 0 Å². The van der Waals surface area contributed by atoms with Crippen molar-refractivity contribution in [3.63, 3.8) is 0 Å². The molecular weight excluding hydrogens is 484 g/mol. The van der Waals surface area contributed by atoms with E-state index in [-0.39, 0.29) is 0 Å². The van der Waals surface area contributed by atoms with Crippen LogP contribution in [-0.4, -0.2) is 29.1 Å². The molecule has 0 N–H and O–H groups in total. The van der Waals surface area contributed by atoms with Crippen LogP contribution in [0.15, 0.2) is 12.4 Å². The molecule has 2 nitrogen and oxygen atoms in total. The molecule has 40 heavy (non-hydrogen) atoms. The van der Waals surface area contributed by atoms with E-state index >= 15 is 0 Å². The van der Waals surface area contributed by atoms with Gasteiger partial charge in [0.05, 0.1) is 0 Å². The van der Waals surface area contributed by atoms with E-state index in [1.807, 2.05) is 0 Å². The van der Waals surface area contributed by atoms with Crippen molar-refractivity contribution in [3.05, 3.63) is 12.4 Å². The molecule has 1 aliphatic rings. The topological polar surface area (TPSA) is 6.48 Å². The molecule has 0 saturated heterocycles. The summed E-state index contributed by atoms with van der Waals surface area (Å²) in [5.74, 6) is 0. The molecule has 0 aromatic carbocycles. The molecular formula is C38H76N2. The van der Waals surface area contributed by atoms with Crippen LogP contribution < -0.4 is 0 Å². The van der Waals surface area contributed by atoms with Crippen LogP contribution >= 0.6 is 0 Å². The molecule has 0 aromatic rings. The first-order chi connectivity index (χ1) is 19.8. The molecule has 0 bridgehead atoms. The molecule has 0 saturated carbocycles. The summed E-state index contributed by atoms with van der Waals surface area (Å²) in [4.78, 5) is 5.39. The van der Waals surface area contributed by atoms with Gasteiger partial charge in [0.15, 0.2) is 0 Å². The second-order valence-electron chi connectivity index (χ2n) is 13.2. The molecule has 1 unspecified atom stereocenters. The quantitative estimate of drug-likeness (QED) is 0.0755. The highest BCUT2D eigenvalue weighted by Gasteiger charge is 2.24. The summed E-state index contributed by atoms with van der Waals surface area (Å²) in [6.07, 6.45) is 48.5. The largest absolute Gasteiger partial charge is 0.356 e. The number of nitrogens with zero attached hydrogens (tertiary/aromatic N) is 2. The van der Waals surface area contributed by atoms with Crippen LogP contribution in [0.3, 0.4) is 0 Å². The van der Waals surface area contributed by atoms with Gasteiger partial charge in [0, 0.05) is 25.5 Å². The predicted octanol–water partition coefficient (Wildman–Crippen LogP) is 13.2. The molecule has 0 spiro atoms. The monoisotopic (exact) mass is 561 g/mol. The molecule has 0 fully saturated rings. The van der Waals surface area contributed by atoms with Crippen LogP contribution in [0.1, 0.15) is 213 Å². The maximum Gasteiger partial charge on any atom is 0.101 e. The Morgan fingerprint density at radius 1 is 0.325 bits per heavy atom. The average molecular weight is 561 g/mol. The molecule has 0 amide bonds. The third-order valence-corrected chi connectivity index (χ3v) is 9.32. The lowest BCUT2D eigenvalue weighted by atomic mass is 10.0. The summed E-state index contributed by atoms with van der Waals surface area (Å²) < 4.78 is 0. The van der Waals surface area contributed by atoms with Gasteiger partial charge < -0.3 is 9.80 Å². The Morgan fingerprint density at radius 2 is 0.575 bits per heavy atom. The second kappa shape index (κ2) is 29.8. The fourth-order valence-corrected chi connectivity index (χ4v) is 6.54. The Balaban J connectivity index is 2.07. The van der Waals surface area contributed by atoms with E-state index < -0.39 is 0 Å². The van der Waals surface area contributed by atoms with E-state index in [4.69, 9.17) is 0 Å². The number of hydrogen-bond donors (Lipinski definition) is 0. The minimum atomic E-state index is 0.641. The van der Waals surface area contributed by atoms with Crippen molar-refractivity contribution in [1.82, 2.24) is 9.80 Å². The lowest BCUT2D eigenvalue weighted by Gasteiger charge is -2.33. The SMILES string of the molecule is CCCCCCCCCCCCCCCCCCCN1C=CN(CCCCCC)C1CCCCCCCCCC. The molecule has 0 aliphatic carbocycles. The Labute approximate surface area is 254 Å². The number of unbranched alkanes of at least 4 members (excludes halogenated alkanes) is 26. The fourth-order valence-electron chi connectivity index (χ4n) is 6.54. The van der Waals surface area contributed by atoms with Crippen molar-refractivity contribution in [2.24, 2.45) is 0 Å². The van der Waals surface area contributed by atoms with Crippen molar-refractivity contribution < 1.29 is 0 Å². The average Bonchev–Trinajstić information content (AvgIpc) is 3.35. The first-order valence-corrected chi connectivity index (χ1v) is 19.0. The van der Waals surface area contributed by atoms with E-state index in [2.05, 4.69) is 43.0 Å². The van der Waals surface area contributed by atoms with Crippen LogP contribution in [0, 0.1) is 0 Å². The van der Waals surface area contributed by atoms with E-state index in [0.29, 0.717) is 6.17 Å². The van der Waals surface area contributed by atoms with Crippen molar-refractivity contribution in [2.75, 3.05) is 13.1 Å². The molecule has 1 rings (SSSR count). The zero-order valence-corrected chi connectivity index (χ0v) is 28.3.